The zero-order valence-corrected chi connectivity index (χ0v) is 9.53. The lowest BCUT2D eigenvalue weighted by atomic mass is 10.2. The van der Waals surface area contributed by atoms with E-state index in [0.717, 1.165) is 16.4 Å². The number of aromatic nitrogens is 1. The van der Waals surface area contributed by atoms with Crippen molar-refractivity contribution < 1.29 is 13.9 Å². The first-order chi connectivity index (χ1) is 8.19. The summed E-state index contributed by atoms with van der Waals surface area (Å²) in [4.78, 5) is 14.6. The Morgan fingerprint density at radius 3 is 2.88 bits per heavy atom. The van der Waals surface area contributed by atoms with Crippen molar-refractivity contribution in [3.8, 4) is 0 Å². The first-order valence-electron chi connectivity index (χ1n) is 5.29. The number of methoxy groups -OCH3 is 1. The topological polar surface area (TPSA) is 55.2 Å². The number of aromatic amines is 1. The molecular formula is C13H11NO3. The summed E-state index contributed by atoms with van der Waals surface area (Å²) in [6, 6.07) is 7.70. The number of rotatable bonds is 1. The largest absolute Gasteiger partial charge is 0.463 e. The van der Waals surface area contributed by atoms with Gasteiger partial charge in [-0.2, -0.15) is 0 Å². The molecule has 0 amide bonds. The molecule has 0 unspecified atom stereocenters. The van der Waals surface area contributed by atoms with Crippen LogP contribution in [0.25, 0.3) is 22.0 Å². The van der Waals surface area contributed by atoms with Gasteiger partial charge in [-0.15, -0.1) is 0 Å². The van der Waals surface area contributed by atoms with Gasteiger partial charge in [-0.1, -0.05) is 6.07 Å². The van der Waals surface area contributed by atoms with E-state index in [4.69, 9.17) is 4.42 Å². The summed E-state index contributed by atoms with van der Waals surface area (Å²) in [6.45, 7) is 2.03. The number of furan rings is 1. The molecule has 0 bridgehead atoms. The predicted octanol–water partition coefficient (Wildman–Crippen LogP) is 3.01. The van der Waals surface area contributed by atoms with E-state index in [1.165, 1.54) is 12.7 Å². The third-order valence-electron chi connectivity index (χ3n) is 2.81. The molecule has 2 heterocycles. The van der Waals surface area contributed by atoms with E-state index in [1.807, 2.05) is 25.1 Å². The van der Waals surface area contributed by atoms with Crippen LogP contribution >= 0.6 is 0 Å². The maximum Gasteiger partial charge on any atom is 0.374 e. The fraction of sp³-hybridized carbons (Fsp3) is 0.154. The van der Waals surface area contributed by atoms with Gasteiger partial charge in [-0.3, -0.25) is 0 Å². The average molecular weight is 229 g/mol. The minimum atomic E-state index is -0.463. The van der Waals surface area contributed by atoms with Crippen molar-refractivity contribution in [2.24, 2.45) is 0 Å². The zero-order valence-electron chi connectivity index (χ0n) is 9.53. The van der Waals surface area contributed by atoms with Gasteiger partial charge < -0.3 is 14.1 Å². The lowest BCUT2D eigenvalue weighted by Crippen LogP contribution is -1.98. The number of hydrogen-bond acceptors (Lipinski definition) is 3. The van der Waals surface area contributed by atoms with Gasteiger partial charge in [0.25, 0.3) is 0 Å². The quantitative estimate of drug-likeness (QED) is 0.652. The van der Waals surface area contributed by atoms with Crippen LogP contribution in [0.3, 0.4) is 0 Å². The van der Waals surface area contributed by atoms with Gasteiger partial charge in [0.15, 0.2) is 5.58 Å². The molecule has 4 heteroatoms. The smallest absolute Gasteiger partial charge is 0.374 e. The van der Waals surface area contributed by atoms with Gasteiger partial charge in [-0.05, 0) is 24.6 Å². The molecule has 0 radical (unpaired) electrons. The molecule has 2 aromatic heterocycles. The molecule has 0 aliphatic heterocycles. The van der Waals surface area contributed by atoms with Crippen LogP contribution in [0, 0.1) is 6.92 Å². The molecule has 3 aromatic rings. The van der Waals surface area contributed by atoms with Crippen molar-refractivity contribution in [3.05, 3.63) is 35.6 Å². The Bertz CT molecular complexity index is 721. The lowest BCUT2D eigenvalue weighted by molar-refractivity contribution is 0.0568. The standard InChI is InChI=1S/C13H11NO3/c1-7-3-4-8-9(5-7)14-10-6-11(13(15)16-2)17-12(8)10/h3-6,14H,1-2H3. The monoisotopic (exact) mass is 229 g/mol. The molecule has 3 rings (SSSR count). The predicted molar refractivity (Wildman–Crippen MR) is 64.1 cm³/mol. The molecule has 0 aliphatic carbocycles. The number of esters is 1. The summed E-state index contributed by atoms with van der Waals surface area (Å²) in [5.41, 5.74) is 3.69. The van der Waals surface area contributed by atoms with Gasteiger partial charge >= 0.3 is 5.97 Å². The highest BCUT2D eigenvalue weighted by molar-refractivity contribution is 6.06. The highest BCUT2D eigenvalue weighted by atomic mass is 16.5. The number of aryl methyl sites for hydroxylation is 1. The summed E-state index contributed by atoms with van der Waals surface area (Å²) in [7, 11) is 1.33. The van der Waals surface area contributed by atoms with E-state index < -0.39 is 5.97 Å². The highest BCUT2D eigenvalue weighted by Gasteiger charge is 2.15. The Hall–Kier alpha value is -2.23. The highest BCUT2D eigenvalue weighted by Crippen LogP contribution is 2.28. The third kappa shape index (κ3) is 1.41. The second-order valence-corrected chi connectivity index (χ2v) is 4.02. The number of ether oxygens (including phenoxy) is 1. The molecule has 17 heavy (non-hydrogen) atoms. The molecule has 4 nitrogen and oxygen atoms in total. The maximum atomic E-state index is 11.3. The van der Waals surface area contributed by atoms with Crippen LogP contribution in [0.1, 0.15) is 16.1 Å². The van der Waals surface area contributed by atoms with Gasteiger partial charge in [0.05, 0.1) is 12.6 Å². The molecule has 0 fully saturated rings. The molecule has 0 aliphatic rings. The van der Waals surface area contributed by atoms with Gasteiger partial charge in [0.2, 0.25) is 5.76 Å². The number of benzene rings is 1. The van der Waals surface area contributed by atoms with Crippen molar-refractivity contribution in [3.63, 3.8) is 0 Å². The molecular weight excluding hydrogens is 218 g/mol. The van der Waals surface area contributed by atoms with Crippen molar-refractivity contribution >= 4 is 28.0 Å². The van der Waals surface area contributed by atoms with E-state index in [2.05, 4.69) is 9.72 Å². The van der Waals surface area contributed by atoms with Gasteiger partial charge in [0, 0.05) is 17.0 Å². The first kappa shape index (κ1) is 9.96. The van der Waals surface area contributed by atoms with Crippen LogP contribution in [-0.4, -0.2) is 18.1 Å². The van der Waals surface area contributed by atoms with Crippen molar-refractivity contribution in [2.75, 3.05) is 7.11 Å². The van der Waals surface area contributed by atoms with Crippen LogP contribution in [0.15, 0.2) is 28.7 Å². The van der Waals surface area contributed by atoms with E-state index in [1.54, 1.807) is 6.07 Å². The summed E-state index contributed by atoms with van der Waals surface area (Å²) in [6.07, 6.45) is 0. The van der Waals surface area contributed by atoms with E-state index >= 15 is 0 Å². The fourth-order valence-electron chi connectivity index (χ4n) is 1.99. The average Bonchev–Trinajstić information content (AvgIpc) is 2.84. The molecule has 1 N–H and O–H groups in total. The normalized spacial score (nSPS) is 11.2. The number of fused-ring (bicyclic) bond motifs is 3. The number of H-pyrrole nitrogens is 1. The maximum absolute atomic E-state index is 11.3. The Morgan fingerprint density at radius 1 is 1.29 bits per heavy atom. The molecule has 86 valence electrons. The van der Waals surface area contributed by atoms with Crippen LogP contribution < -0.4 is 0 Å². The Kier molecular flexibility index (Phi) is 1.98. The SMILES string of the molecule is COC(=O)c1cc2[nH]c3cc(C)ccc3c2o1. The van der Waals surface area contributed by atoms with Gasteiger partial charge in [0.1, 0.15) is 0 Å². The molecule has 0 atom stereocenters. The first-order valence-corrected chi connectivity index (χ1v) is 5.29. The van der Waals surface area contributed by atoms with E-state index in [-0.39, 0.29) is 5.76 Å². The van der Waals surface area contributed by atoms with Crippen molar-refractivity contribution in [2.45, 2.75) is 6.92 Å². The van der Waals surface area contributed by atoms with Crippen LogP contribution in [0.5, 0.6) is 0 Å². The molecule has 0 spiro atoms. The zero-order chi connectivity index (χ0) is 12.0. The molecule has 0 saturated heterocycles. The van der Waals surface area contributed by atoms with Crippen molar-refractivity contribution in [1.82, 2.24) is 4.98 Å². The fourth-order valence-corrected chi connectivity index (χ4v) is 1.99. The van der Waals surface area contributed by atoms with Crippen LogP contribution in [0.4, 0.5) is 0 Å². The number of carbonyl (C=O) groups excluding carboxylic acids is 1. The minimum absolute atomic E-state index is 0.219. The van der Waals surface area contributed by atoms with E-state index in [0.29, 0.717) is 5.58 Å². The summed E-state index contributed by atoms with van der Waals surface area (Å²) >= 11 is 0. The van der Waals surface area contributed by atoms with E-state index in [9.17, 15) is 4.79 Å². The van der Waals surface area contributed by atoms with Crippen molar-refractivity contribution in [1.29, 1.82) is 0 Å². The molecule has 1 aromatic carbocycles. The second-order valence-electron chi connectivity index (χ2n) is 4.02. The lowest BCUT2D eigenvalue weighted by Gasteiger charge is -1.94. The number of nitrogens with one attached hydrogen (secondary N) is 1. The molecule has 0 saturated carbocycles. The Balaban J connectivity index is 2.28. The minimum Gasteiger partial charge on any atom is -0.463 e. The summed E-state index contributed by atoms with van der Waals surface area (Å²) in [5.74, 6) is -0.244. The van der Waals surface area contributed by atoms with Crippen LogP contribution in [0.2, 0.25) is 0 Å². The third-order valence-corrected chi connectivity index (χ3v) is 2.81. The number of carbonyl (C=O) groups is 1. The Morgan fingerprint density at radius 2 is 2.12 bits per heavy atom. The summed E-state index contributed by atoms with van der Waals surface area (Å²) in [5, 5.41) is 0.973. The summed E-state index contributed by atoms with van der Waals surface area (Å²) < 4.78 is 10.1. The second kappa shape index (κ2) is 3.38. The Labute approximate surface area is 97.2 Å². The van der Waals surface area contributed by atoms with Crippen LogP contribution in [-0.2, 0) is 4.74 Å². The number of hydrogen-bond donors (Lipinski definition) is 1. The van der Waals surface area contributed by atoms with Gasteiger partial charge in [-0.25, -0.2) is 4.79 Å².